The zero-order chi connectivity index (χ0) is 13.2. The third kappa shape index (κ3) is 2.99. The molecule has 1 unspecified atom stereocenters. The molecule has 3 atom stereocenters. The van der Waals surface area contributed by atoms with Crippen molar-refractivity contribution in [3.8, 4) is 0 Å². The van der Waals surface area contributed by atoms with E-state index >= 15 is 0 Å². The number of aromatic nitrogens is 2. The van der Waals surface area contributed by atoms with Crippen molar-refractivity contribution in [2.24, 2.45) is 18.7 Å². The first-order valence-electron chi connectivity index (χ1n) is 7.39. The minimum Gasteiger partial charge on any atom is -0.326 e. The Balaban J connectivity index is 1.52. The molecule has 0 saturated carbocycles. The van der Waals surface area contributed by atoms with E-state index in [4.69, 9.17) is 5.73 Å². The molecule has 2 aliphatic heterocycles. The number of rotatable bonds is 4. The Morgan fingerprint density at radius 3 is 3.05 bits per heavy atom. The fourth-order valence-corrected chi connectivity index (χ4v) is 3.41. The number of hydrogen-bond donors (Lipinski definition) is 2. The van der Waals surface area contributed by atoms with Crippen molar-refractivity contribution in [3.63, 3.8) is 0 Å². The first-order valence-corrected chi connectivity index (χ1v) is 7.39. The molecule has 0 spiro atoms. The molecule has 5 heteroatoms. The predicted octanol–water partition coefficient (Wildman–Crippen LogP) is 0.146. The van der Waals surface area contributed by atoms with Crippen LogP contribution in [0.25, 0.3) is 0 Å². The van der Waals surface area contributed by atoms with Gasteiger partial charge in [0.1, 0.15) is 0 Å². The van der Waals surface area contributed by atoms with Crippen molar-refractivity contribution in [1.82, 2.24) is 20.0 Å². The van der Waals surface area contributed by atoms with E-state index in [-0.39, 0.29) is 6.04 Å². The van der Waals surface area contributed by atoms with Crippen molar-refractivity contribution in [1.29, 1.82) is 0 Å². The highest BCUT2D eigenvalue weighted by Crippen LogP contribution is 2.26. The topological polar surface area (TPSA) is 59.1 Å². The van der Waals surface area contributed by atoms with Crippen molar-refractivity contribution in [2.45, 2.75) is 24.8 Å². The molecule has 0 aromatic carbocycles. The summed E-state index contributed by atoms with van der Waals surface area (Å²) in [5.74, 6) is 1.32. The van der Waals surface area contributed by atoms with Crippen LogP contribution in [-0.4, -0.2) is 53.4 Å². The maximum atomic E-state index is 6.30. The average molecular weight is 263 g/mol. The molecular formula is C14H25N5. The molecule has 0 bridgehead atoms. The second-order valence-electron chi connectivity index (χ2n) is 6.12. The second kappa shape index (κ2) is 5.61. The largest absolute Gasteiger partial charge is 0.326 e. The molecule has 3 rings (SSSR count). The van der Waals surface area contributed by atoms with Gasteiger partial charge in [0.15, 0.2) is 0 Å². The van der Waals surface area contributed by atoms with Crippen LogP contribution in [-0.2, 0) is 7.05 Å². The first kappa shape index (κ1) is 13.1. The first-order chi connectivity index (χ1) is 9.22. The van der Waals surface area contributed by atoms with Gasteiger partial charge in [-0.25, -0.2) is 0 Å². The maximum absolute atomic E-state index is 6.30. The molecule has 0 amide bonds. The average Bonchev–Trinajstić information content (AvgIpc) is 3.07. The van der Waals surface area contributed by atoms with E-state index in [9.17, 15) is 0 Å². The molecule has 0 radical (unpaired) electrons. The van der Waals surface area contributed by atoms with Crippen LogP contribution in [0.5, 0.6) is 0 Å². The maximum Gasteiger partial charge on any atom is 0.0525 e. The number of nitrogens with one attached hydrogen (secondary N) is 1. The van der Waals surface area contributed by atoms with Gasteiger partial charge in [0.2, 0.25) is 0 Å². The fourth-order valence-electron chi connectivity index (χ4n) is 3.41. The quantitative estimate of drug-likeness (QED) is 0.812. The Bertz CT molecular complexity index is 410. The Morgan fingerprint density at radius 1 is 1.47 bits per heavy atom. The van der Waals surface area contributed by atoms with Crippen molar-refractivity contribution in [2.75, 3.05) is 32.7 Å². The molecule has 2 saturated heterocycles. The Morgan fingerprint density at radius 2 is 2.37 bits per heavy atom. The van der Waals surface area contributed by atoms with Crippen LogP contribution in [0.1, 0.15) is 24.3 Å². The summed E-state index contributed by atoms with van der Waals surface area (Å²) in [5, 5.41) is 7.70. The zero-order valence-corrected chi connectivity index (χ0v) is 11.8. The lowest BCUT2D eigenvalue weighted by Crippen LogP contribution is -2.29. The van der Waals surface area contributed by atoms with Gasteiger partial charge in [-0.1, -0.05) is 0 Å². The molecule has 3 N–H and O–H groups in total. The van der Waals surface area contributed by atoms with Crippen molar-refractivity contribution in [3.05, 3.63) is 18.0 Å². The lowest BCUT2D eigenvalue weighted by atomic mass is 9.98. The van der Waals surface area contributed by atoms with Gasteiger partial charge in [0.25, 0.3) is 0 Å². The van der Waals surface area contributed by atoms with Crippen molar-refractivity contribution >= 4 is 0 Å². The molecular weight excluding hydrogens is 238 g/mol. The zero-order valence-electron chi connectivity index (χ0n) is 11.8. The number of nitrogens with two attached hydrogens (primary N) is 1. The van der Waals surface area contributed by atoms with Crippen LogP contribution in [0.15, 0.2) is 12.4 Å². The third-order valence-corrected chi connectivity index (χ3v) is 4.61. The van der Waals surface area contributed by atoms with Gasteiger partial charge in [0.05, 0.1) is 6.20 Å². The van der Waals surface area contributed by atoms with Crippen LogP contribution in [0.4, 0.5) is 0 Å². The summed E-state index contributed by atoms with van der Waals surface area (Å²) < 4.78 is 1.87. The van der Waals surface area contributed by atoms with Gasteiger partial charge in [0, 0.05) is 38.3 Å². The normalized spacial score (nSPS) is 32.2. The van der Waals surface area contributed by atoms with E-state index < -0.39 is 0 Å². The van der Waals surface area contributed by atoms with Crippen LogP contribution >= 0.6 is 0 Å². The summed E-state index contributed by atoms with van der Waals surface area (Å²) >= 11 is 0. The van der Waals surface area contributed by atoms with E-state index in [0.29, 0.717) is 5.92 Å². The molecule has 3 heterocycles. The van der Waals surface area contributed by atoms with E-state index in [0.717, 1.165) is 19.0 Å². The third-order valence-electron chi connectivity index (χ3n) is 4.61. The van der Waals surface area contributed by atoms with E-state index in [1.54, 1.807) is 0 Å². The second-order valence-corrected chi connectivity index (χ2v) is 6.12. The van der Waals surface area contributed by atoms with Crippen LogP contribution in [0.2, 0.25) is 0 Å². The highest BCUT2D eigenvalue weighted by molar-refractivity contribution is 5.17. The highest BCUT2D eigenvalue weighted by atomic mass is 15.2. The van der Waals surface area contributed by atoms with Gasteiger partial charge in [-0.15, -0.1) is 0 Å². The van der Waals surface area contributed by atoms with Crippen LogP contribution in [0, 0.1) is 5.92 Å². The molecule has 1 aromatic rings. The van der Waals surface area contributed by atoms with Crippen molar-refractivity contribution < 1.29 is 0 Å². The lowest BCUT2D eigenvalue weighted by molar-refractivity contribution is 0.302. The number of hydrogen-bond acceptors (Lipinski definition) is 4. The summed E-state index contributed by atoms with van der Waals surface area (Å²) in [4.78, 5) is 2.53. The molecule has 2 aliphatic rings. The summed E-state index contributed by atoms with van der Waals surface area (Å²) in [6.07, 6.45) is 6.72. The van der Waals surface area contributed by atoms with E-state index in [2.05, 4.69) is 21.5 Å². The Hall–Kier alpha value is -0.910. The van der Waals surface area contributed by atoms with Crippen LogP contribution < -0.4 is 11.1 Å². The minimum atomic E-state index is 0.255. The lowest BCUT2D eigenvalue weighted by Gasteiger charge is -2.17. The van der Waals surface area contributed by atoms with Gasteiger partial charge < -0.3 is 16.0 Å². The van der Waals surface area contributed by atoms with Gasteiger partial charge in [-0.3, -0.25) is 4.68 Å². The molecule has 19 heavy (non-hydrogen) atoms. The predicted molar refractivity (Wildman–Crippen MR) is 76.0 cm³/mol. The molecule has 5 nitrogen and oxygen atoms in total. The molecule has 0 aliphatic carbocycles. The molecule has 106 valence electrons. The minimum absolute atomic E-state index is 0.255. The van der Waals surface area contributed by atoms with Gasteiger partial charge in [-0.2, -0.15) is 5.10 Å². The molecule has 2 fully saturated rings. The summed E-state index contributed by atoms with van der Waals surface area (Å²) in [6.45, 7) is 5.71. The smallest absolute Gasteiger partial charge is 0.0525 e. The van der Waals surface area contributed by atoms with Gasteiger partial charge in [-0.05, 0) is 44.0 Å². The number of aryl methyl sites for hydroxylation is 1. The monoisotopic (exact) mass is 263 g/mol. The number of likely N-dealkylation sites (tertiary alicyclic amines) is 1. The number of nitrogens with zero attached hydrogens (tertiary/aromatic N) is 3. The summed E-state index contributed by atoms with van der Waals surface area (Å²) in [6, 6.07) is 0.255. The Kier molecular flexibility index (Phi) is 3.86. The summed E-state index contributed by atoms with van der Waals surface area (Å²) in [5.41, 5.74) is 7.60. The standard InChI is InChI=1S/C14H25N5/c1-18-8-12(7-17-18)13-9-19(10-14(13)15)5-3-11-2-4-16-6-11/h7-8,11,13-14,16H,2-6,9-10,15H2,1H3/t11?,13-,14+/m0/s1. The van der Waals surface area contributed by atoms with Crippen LogP contribution in [0.3, 0.4) is 0 Å². The van der Waals surface area contributed by atoms with Gasteiger partial charge >= 0.3 is 0 Å². The SMILES string of the molecule is Cn1cc([C@@H]2CN(CCC3CCNC3)C[C@H]2N)cn1. The molecule has 1 aromatic heterocycles. The fraction of sp³-hybridized carbons (Fsp3) is 0.786. The Labute approximate surface area is 115 Å². The van der Waals surface area contributed by atoms with E-state index in [1.807, 2.05) is 17.9 Å². The highest BCUT2D eigenvalue weighted by Gasteiger charge is 2.32. The van der Waals surface area contributed by atoms with E-state index in [1.165, 1.54) is 38.0 Å². The summed E-state index contributed by atoms with van der Waals surface area (Å²) in [7, 11) is 1.97.